The molecule has 1 aromatic rings. The van der Waals surface area contributed by atoms with E-state index in [0.717, 1.165) is 6.04 Å². The van der Waals surface area contributed by atoms with Crippen molar-refractivity contribution in [3.63, 3.8) is 0 Å². The Morgan fingerprint density at radius 1 is 1.24 bits per heavy atom. The molecule has 0 radical (unpaired) electrons. The van der Waals surface area contributed by atoms with Crippen molar-refractivity contribution in [3.05, 3.63) is 35.9 Å². The highest BCUT2D eigenvalue weighted by atomic mass is 15.1. The monoisotopic (exact) mass is 232 g/mol. The summed E-state index contributed by atoms with van der Waals surface area (Å²) in [5.74, 6) is 0. The molecule has 2 unspecified atom stereocenters. The Morgan fingerprint density at radius 2 is 2.00 bits per heavy atom. The number of hydrogen-bond donors (Lipinski definition) is 1. The molecular weight excluding hydrogens is 208 g/mol. The largest absolute Gasteiger partial charge is 0.328 e. The maximum absolute atomic E-state index is 5.96. The highest BCUT2D eigenvalue weighted by molar-refractivity contribution is 5.14. The molecule has 2 heteroatoms. The van der Waals surface area contributed by atoms with Crippen LogP contribution >= 0.6 is 0 Å². The predicted molar refractivity (Wildman–Crippen MR) is 73.0 cm³/mol. The SMILES string of the molecule is CN(CCCc1ccccc1)C1CCC(N)C1. The molecule has 2 N–H and O–H groups in total. The number of nitrogens with two attached hydrogens (primary N) is 1. The molecule has 1 aliphatic carbocycles. The molecule has 0 aromatic heterocycles. The Labute approximate surface area is 105 Å². The molecule has 17 heavy (non-hydrogen) atoms. The second-order valence-electron chi connectivity index (χ2n) is 5.30. The first-order chi connectivity index (χ1) is 8.25. The second kappa shape index (κ2) is 6.18. The molecule has 2 atom stereocenters. The molecule has 0 aliphatic heterocycles. The van der Waals surface area contributed by atoms with Crippen LogP contribution in [0.4, 0.5) is 0 Å². The van der Waals surface area contributed by atoms with Crippen LogP contribution in [0.5, 0.6) is 0 Å². The van der Waals surface area contributed by atoms with Crippen molar-refractivity contribution in [2.45, 2.75) is 44.2 Å². The van der Waals surface area contributed by atoms with Crippen molar-refractivity contribution in [1.29, 1.82) is 0 Å². The van der Waals surface area contributed by atoms with Crippen LogP contribution in [-0.4, -0.2) is 30.6 Å². The Morgan fingerprint density at radius 3 is 2.65 bits per heavy atom. The second-order valence-corrected chi connectivity index (χ2v) is 5.30. The molecule has 0 bridgehead atoms. The fourth-order valence-corrected chi connectivity index (χ4v) is 2.75. The standard InChI is InChI=1S/C15H24N2/c1-17(15-10-9-14(16)12-15)11-5-8-13-6-3-2-4-7-13/h2-4,6-7,14-15H,5,8-12,16H2,1H3. The maximum Gasteiger partial charge on any atom is 0.0107 e. The van der Waals surface area contributed by atoms with Crippen LogP contribution in [0.25, 0.3) is 0 Å². The van der Waals surface area contributed by atoms with Crippen molar-refractivity contribution in [1.82, 2.24) is 4.90 Å². The maximum atomic E-state index is 5.96. The lowest BCUT2D eigenvalue weighted by Gasteiger charge is -2.24. The summed E-state index contributed by atoms with van der Waals surface area (Å²) in [5, 5.41) is 0. The summed E-state index contributed by atoms with van der Waals surface area (Å²) >= 11 is 0. The molecule has 1 fully saturated rings. The van der Waals surface area contributed by atoms with Crippen LogP contribution in [0.3, 0.4) is 0 Å². The van der Waals surface area contributed by atoms with Gasteiger partial charge in [-0.2, -0.15) is 0 Å². The first kappa shape index (κ1) is 12.6. The van der Waals surface area contributed by atoms with Gasteiger partial charge in [-0.15, -0.1) is 0 Å². The lowest BCUT2D eigenvalue weighted by atomic mass is 10.1. The van der Waals surface area contributed by atoms with E-state index in [4.69, 9.17) is 5.73 Å². The summed E-state index contributed by atoms with van der Waals surface area (Å²) in [7, 11) is 2.24. The molecule has 0 saturated heterocycles. The van der Waals surface area contributed by atoms with Crippen molar-refractivity contribution in [2.75, 3.05) is 13.6 Å². The third kappa shape index (κ3) is 3.83. The van der Waals surface area contributed by atoms with Gasteiger partial charge in [0.25, 0.3) is 0 Å². The average molecular weight is 232 g/mol. The van der Waals surface area contributed by atoms with E-state index in [9.17, 15) is 0 Å². The van der Waals surface area contributed by atoms with Crippen molar-refractivity contribution >= 4 is 0 Å². The van der Waals surface area contributed by atoms with Crippen LogP contribution in [0, 0.1) is 0 Å². The van der Waals surface area contributed by atoms with E-state index >= 15 is 0 Å². The predicted octanol–water partition coefficient (Wildman–Crippen LogP) is 2.43. The van der Waals surface area contributed by atoms with E-state index in [1.807, 2.05) is 0 Å². The van der Waals surface area contributed by atoms with Gasteiger partial charge in [0.2, 0.25) is 0 Å². The third-order valence-corrected chi connectivity index (χ3v) is 3.89. The van der Waals surface area contributed by atoms with E-state index in [2.05, 4.69) is 42.3 Å². The minimum Gasteiger partial charge on any atom is -0.328 e. The summed E-state index contributed by atoms with van der Waals surface area (Å²) in [6, 6.07) is 11.9. The third-order valence-electron chi connectivity index (χ3n) is 3.89. The number of nitrogens with zero attached hydrogens (tertiary/aromatic N) is 1. The van der Waals surface area contributed by atoms with E-state index in [0.29, 0.717) is 6.04 Å². The van der Waals surface area contributed by atoms with E-state index in [-0.39, 0.29) is 0 Å². The van der Waals surface area contributed by atoms with Gasteiger partial charge in [0.05, 0.1) is 0 Å². The zero-order chi connectivity index (χ0) is 12.1. The zero-order valence-corrected chi connectivity index (χ0v) is 10.8. The molecule has 94 valence electrons. The highest BCUT2D eigenvalue weighted by Gasteiger charge is 2.24. The summed E-state index contributed by atoms with van der Waals surface area (Å²) in [5.41, 5.74) is 7.40. The van der Waals surface area contributed by atoms with Crippen LogP contribution in [0.15, 0.2) is 30.3 Å². The summed E-state index contributed by atoms with van der Waals surface area (Å²) in [4.78, 5) is 2.50. The van der Waals surface area contributed by atoms with Gasteiger partial charge in [0.15, 0.2) is 0 Å². The lowest BCUT2D eigenvalue weighted by Crippen LogP contribution is -2.32. The van der Waals surface area contributed by atoms with Crippen LogP contribution in [0.1, 0.15) is 31.2 Å². The van der Waals surface area contributed by atoms with Crippen molar-refractivity contribution in [2.24, 2.45) is 5.73 Å². The molecule has 1 aromatic carbocycles. The van der Waals surface area contributed by atoms with E-state index in [1.165, 1.54) is 44.2 Å². The number of aryl methyl sites for hydroxylation is 1. The van der Waals surface area contributed by atoms with Gasteiger partial charge in [0.1, 0.15) is 0 Å². The number of rotatable bonds is 5. The van der Waals surface area contributed by atoms with Crippen LogP contribution in [0.2, 0.25) is 0 Å². The zero-order valence-electron chi connectivity index (χ0n) is 10.8. The quantitative estimate of drug-likeness (QED) is 0.845. The van der Waals surface area contributed by atoms with Gasteiger partial charge in [-0.05, 0) is 51.3 Å². The normalized spacial score (nSPS) is 24.4. The van der Waals surface area contributed by atoms with E-state index in [1.54, 1.807) is 0 Å². The van der Waals surface area contributed by atoms with Crippen LogP contribution < -0.4 is 5.73 Å². The Bertz CT molecular complexity index is 323. The molecule has 1 saturated carbocycles. The van der Waals surface area contributed by atoms with E-state index < -0.39 is 0 Å². The Balaban J connectivity index is 1.68. The number of benzene rings is 1. The summed E-state index contributed by atoms with van der Waals surface area (Å²) in [6.45, 7) is 1.19. The summed E-state index contributed by atoms with van der Waals surface area (Å²) < 4.78 is 0. The Hall–Kier alpha value is -0.860. The first-order valence-electron chi connectivity index (χ1n) is 6.75. The molecule has 0 heterocycles. The van der Waals surface area contributed by atoms with Crippen molar-refractivity contribution in [3.8, 4) is 0 Å². The average Bonchev–Trinajstić information content (AvgIpc) is 2.77. The van der Waals surface area contributed by atoms with Crippen molar-refractivity contribution < 1.29 is 0 Å². The topological polar surface area (TPSA) is 29.3 Å². The van der Waals surface area contributed by atoms with Gasteiger partial charge in [0, 0.05) is 12.1 Å². The summed E-state index contributed by atoms with van der Waals surface area (Å²) in [6.07, 6.45) is 6.09. The molecular formula is C15H24N2. The fourth-order valence-electron chi connectivity index (χ4n) is 2.75. The van der Waals surface area contributed by atoms with Gasteiger partial charge >= 0.3 is 0 Å². The molecule has 2 rings (SSSR count). The minimum absolute atomic E-state index is 0.441. The van der Waals surface area contributed by atoms with Gasteiger partial charge in [-0.1, -0.05) is 30.3 Å². The smallest absolute Gasteiger partial charge is 0.0107 e. The first-order valence-corrected chi connectivity index (χ1v) is 6.75. The molecule has 2 nitrogen and oxygen atoms in total. The van der Waals surface area contributed by atoms with Gasteiger partial charge < -0.3 is 10.6 Å². The number of hydrogen-bond acceptors (Lipinski definition) is 2. The minimum atomic E-state index is 0.441. The van der Waals surface area contributed by atoms with Gasteiger partial charge in [-0.3, -0.25) is 0 Å². The molecule has 0 amide bonds. The van der Waals surface area contributed by atoms with Gasteiger partial charge in [-0.25, -0.2) is 0 Å². The fraction of sp³-hybridized carbons (Fsp3) is 0.600. The molecule has 0 spiro atoms. The lowest BCUT2D eigenvalue weighted by molar-refractivity contribution is 0.241. The van der Waals surface area contributed by atoms with Crippen LogP contribution in [-0.2, 0) is 6.42 Å². The Kier molecular flexibility index (Phi) is 4.57. The highest BCUT2D eigenvalue weighted by Crippen LogP contribution is 2.21. The molecule has 1 aliphatic rings.